The Morgan fingerprint density at radius 3 is 2.42 bits per heavy atom. The Labute approximate surface area is 193 Å². The summed E-state index contributed by atoms with van der Waals surface area (Å²) in [6.45, 7) is 1.50. The summed E-state index contributed by atoms with van der Waals surface area (Å²) >= 11 is 0. The van der Waals surface area contributed by atoms with Crippen LogP contribution in [-0.2, 0) is 4.79 Å². The number of benzene rings is 2. The lowest BCUT2D eigenvalue weighted by Gasteiger charge is -2.32. The van der Waals surface area contributed by atoms with E-state index in [2.05, 4.69) is 37.5 Å². The maximum atomic E-state index is 13.2. The zero-order valence-corrected chi connectivity index (χ0v) is 18.3. The van der Waals surface area contributed by atoms with Crippen molar-refractivity contribution in [2.75, 3.05) is 23.3 Å². The van der Waals surface area contributed by atoms with Crippen molar-refractivity contribution in [2.45, 2.75) is 12.8 Å². The van der Waals surface area contributed by atoms with Gasteiger partial charge in [0.25, 0.3) is 0 Å². The molecule has 1 atom stereocenters. The number of aromatic nitrogens is 3. The van der Waals surface area contributed by atoms with Crippen molar-refractivity contribution < 1.29 is 4.79 Å². The van der Waals surface area contributed by atoms with Gasteiger partial charge < -0.3 is 10.2 Å². The van der Waals surface area contributed by atoms with Gasteiger partial charge in [0.15, 0.2) is 5.82 Å². The largest absolute Gasteiger partial charge is 0.354 e. The molecule has 0 bridgehead atoms. The summed E-state index contributed by atoms with van der Waals surface area (Å²) in [5.74, 6) is 0.740. The van der Waals surface area contributed by atoms with E-state index in [1.165, 1.54) is 0 Å². The van der Waals surface area contributed by atoms with Crippen LogP contribution in [0.1, 0.15) is 12.8 Å². The molecule has 1 N–H and O–H groups in total. The SMILES string of the molecule is O=C(Nc1ccccc1-c1ccccc1)C1CCCN(c2ccc(-c3ccncc3)nn2)C1. The van der Waals surface area contributed by atoms with Crippen LogP contribution in [0.2, 0.25) is 0 Å². The predicted molar refractivity (Wildman–Crippen MR) is 131 cm³/mol. The molecule has 0 radical (unpaired) electrons. The fourth-order valence-corrected chi connectivity index (χ4v) is 4.27. The number of anilines is 2. The van der Waals surface area contributed by atoms with Crippen molar-refractivity contribution in [1.82, 2.24) is 15.2 Å². The number of carbonyl (C=O) groups excluding carboxylic acids is 1. The molecule has 2 aromatic carbocycles. The Kier molecular flexibility index (Phi) is 6.06. The minimum absolute atomic E-state index is 0.0458. The van der Waals surface area contributed by atoms with Gasteiger partial charge in [0.2, 0.25) is 5.91 Å². The summed E-state index contributed by atoms with van der Waals surface area (Å²) in [5, 5.41) is 12.0. The van der Waals surface area contributed by atoms with Crippen LogP contribution in [0.25, 0.3) is 22.4 Å². The average Bonchev–Trinajstić information content (AvgIpc) is 2.90. The summed E-state index contributed by atoms with van der Waals surface area (Å²) in [7, 11) is 0. The number of rotatable bonds is 5. The Balaban J connectivity index is 1.28. The first-order chi connectivity index (χ1) is 16.3. The fourth-order valence-electron chi connectivity index (χ4n) is 4.27. The number of hydrogen-bond donors (Lipinski definition) is 1. The summed E-state index contributed by atoms with van der Waals surface area (Å²) in [6, 6.07) is 25.9. The van der Waals surface area contributed by atoms with Gasteiger partial charge in [-0.2, -0.15) is 0 Å². The number of para-hydroxylation sites is 1. The molecule has 5 rings (SSSR count). The molecule has 1 unspecified atom stereocenters. The lowest BCUT2D eigenvalue weighted by atomic mass is 9.96. The normalized spacial score (nSPS) is 15.8. The molecule has 4 aromatic rings. The van der Waals surface area contributed by atoms with E-state index in [1.54, 1.807) is 12.4 Å². The molecule has 3 heterocycles. The monoisotopic (exact) mass is 435 g/mol. The molecule has 0 spiro atoms. The molecule has 164 valence electrons. The smallest absolute Gasteiger partial charge is 0.229 e. The van der Waals surface area contributed by atoms with Gasteiger partial charge in [-0.25, -0.2) is 0 Å². The molecule has 1 amide bonds. The summed E-state index contributed by atoms with van der Waals surface area (Å²) in [5.41, 5.74) is 4.74. The summed E-state index contributed by atoms with van der Waals surface area (Å²) < 4.78 is 0. The van der Waals surface area contributed by atoms with Gasteiger partial charge in [0, 0.05) is 42.3 Å². The molecule has 6 heteroatoms. The molecule has 0 aliphatic carbocycles. The first-order valence-electron chi connectivity index (χ1n) is 11.2. The van der Waals surface area contributed by atoms with Gasteiger partial charge in [-0.15, -0.1) is 10.2 Å². The highest BCUT2D eigenvalue weighted by Gasteiger charge is 2.27. The van der Waals surface area contributed by atoms with Crippen molar-refractivity contribution in [1.29, 1.82) is 0 Å². The summed E-state index contributed by atoms with van der Waals surface area (Å²) in [6.07, 6.45) is 5.29. The average molecular weight is 436 g/mol. The van der Waals surface area contributed by atoms with Crippen LogP contribution >= 0.6 is 0 Å². The van der Waals surface area contributed by atoms with Gasteiger partial charge in [-0.1, -0.05) is 48.5 Å². The Hall–Kier alpha value is -4.06. The van der Waals surface area contributed by atoms with Crippen molar-refractivity contribution in [3.05, 3.63) is 91.3 Å². The van der Waals surface area contributed by atoms with E-state index >= 15 is 0 Å². The maximum Gasteiger partial charge on any atom is 0.229 e. The molecule has 6 nitrogen and oxygen atoms in total. The second kappa shape index (κ2) is 9.61. The maximum absolute atomic E-state index is 13.2. The standard InChI is InChI=1S/C27H25N5O/c33-27(29-25-11-5-4-10-23(25)20-7-2-1-3-8-20)22-9-6-18-32(19-22)26-13-12-24(30-31-26)21-14-16-28-17-15-21/h1-5,7-8,10-17,22H,6,9,18-19H2,(H,29,33). The number of pyridine rings is 1. The molecule has 1 fully saturated rings. The van der Waals surface area contributed by atoms with E-state index in [4.69, 9.17) is 0 Å². The van der Waals surface area contributed by atoms with E-state index in [1.807, 2.05) is 66.7 Å². The van der Waals surface area contributed by atoms with E-state index in [0.29, 0.717) is 6.54 Å². The van der Waals surface area contributed by atoms with Crippen LogP contribution in [-0.4, -0.2) is 34.2 Å². The predicted octanol–water partition coefficient (Wildman–Crippen LogP) is 5.06. The molecule has 1 aliphatic rings. The number of amides is 1. The highest BCUT2D eigenvalue weighted by molar-refractivity contribution is 5.97. The molecule has 1 aliphatic heterocycles. The topological polar surface area (TPSA) is 71.0 Å². The van der Waals surface area contributed by atoms with E-state index < -0.39 is 0 Å². The minimum Gasteiger partial charge on any atom is -0.354 e. The molecule has 0 saturated carbocycles. The first kappa shape index (κ1) is 20.8. The second-order valence-electron chi connectivity index (χ2n) is 8.20. The highest BCUT2D eigenvalue weighted by atomic mass is 16.1. The number of nitrogens with one attached hydrogen (secondary N) is 1. The lowest BCUT2D eigenvalue weighted by Crippen LogP contribution is -2.41. The molecule has 33 heavy (non-hydrogen) atoms. The third kappa shape index (κ3) is 4.75. The lowest BCUT2D eigenvalue weighted by molar-refractivity contribution is -0.120. The zero-order chi connectivity index (χ0) is 22.5. The van der Waals surface area contributed by atoms with Crippen LogP contribution in [0.5, 0.6) is 0 Å². The number of piperidine rings is 1. The van der Waals surface area contributed by atoms with Crippen molar-refractivity contribution in [3.8, 4) is 22.4 Å². The van der Waals surface area contributed by atoms with Gasteiger partial charge >= 0.3 is 0 Å². The van der Waals surface area contributed by atoms with Gasteiger partial charge in [-0.3, -0.25) is 9.78 Å². The van der Waals surface area contributed by atoms with Crippen molar-refractivity contribution >= 4 is 17.4 Å². The highest BCUT2D eigenvalue weighted by Crippen LogP contribution is 2.29. The van der Waals surface area contributed by atoms with Gasteiger partial charge in [-0.05, 0) is 48.7 Å². The van der Waals surface area contributed by atoms with E-state index in [9.17, 15) is 4.79 Å². The van der Waals surface area contributed by atoms with Gasteiger partial charge in [0.05, 0.1) is 11.6 Å². The Bertz CT molecular complexity index is 1210. The Morgan fingerprint density at radius 1 is 0.848 bits per heavy atom. The second-order valence-corrected chi connectivity index (χ2v) is 8.20. The van der Waals surface area contributed by atoms with Crippen LogP contribution < -0.4 is 10.2 Å². The van der Waals surface area contributed by atoms with Crippen molar-refractivity contribution in [2.24, 2.45) is 5.92 Å². The third-order valence-electron chi connectivity index (χ3n) is 6.01. The van der Waals surface area contributed by atoms with Crippen molar-refractivity contribution in [3.63, 3.8) is 0 Å². The van der Waals surface area contributed by atoms with Crippen LogP contribution in [0.3, 0.4) is 0 Å². The number of nitrogens with zero attached hydrogens (tertiary/aromatic N) is 4. The quantitative estimate of drug-likeness (QED) is 0.474. The van der Waals surface area contributed by atoms with Gasteiger partial charge in [0.1, 0.15) is 0 Å². The molecule has 2 aromatic heterocycles. The zero-order valence-electron chi connectivity index (χ0n) is 18.3. The minimum atomic E-state index is -0.107. The number of hydrogen-bond acceptors (Lipinski definition) is 5. The first-order valence-corrected chi connectivity index (χ1v) is 11.2. The fraction of sp³-hybridized carbons (Fsp3) is 0.185. The van der Waals surface area contributed by atoms with Crippen LogP contribution in [0.15, 0.2) is 91.3 Å². The van der Waals surface area contributed by atoms with E-state index in [0.717, 1.165) is 53.3 Å². The summed E-state index contributed by atoms with van der Waals surface area (Å²) in [4.78, 5) is 19.4. The molecular formula is C27H25N5O. The number of carbonyl (C=O) groups is 1. The molecule has 1 saturated heterocycles. The van der Waals surface area contributed by atoms with Crippen LogP contribution in [0.4, 0.5) is 11.5 Å². The third-order valence-corrected chi connectivity index (χ3v) is 6.01. The van der Waals surface area contributed by atoms with E-state index in [-0.39, 0.29) is 11.8 Å². The Morgan fingerprint density at radius 2 is 1.64 bits per heavy atom. The molecular weight excluding hydrogens is 410 g/mol. The van der Waals surface area contributed by atoms with Crippen LogP contribution in [0, 0.1) is 5.92 Å².